The molecule has 1 fully saturated rings. The van der Waals surface area contributed by atoms with E-state index in [9.17, 15) is 13.2 Å². The smallest absolute Gasteiger partial charge is 0.384 e. The highest BCUT2D eigenvalue weighted by Crippen LogP contribution is 2.31. The summed E-state index contributed by atoms with van der Waals surface area (Å²) in [6.07, 6.45) is -3.01. The van der Waals surface area contributed by atoms with Crippen LogP contribution in [0.3, 0.4) is 0 Å². The molecule has 8 heteroatoms. The fourth-order valence-corrected chi connectivity index (χ4v) is 2.36. The molecule has 1 saturated heterocycles. The van der Waals surface area contributed by atoms with Crippen molar-refractivity contribution >= 4 is 11.7 Å². The molecular formula is C13H17F3N4O. The maximum absolute atomic E-state index is 12.8. The number of aromatic nitrogens is 1. The van der Waals surface area contributed by atoms with Gasteiger partial charge in [0, 0.05) is 20.2 Å². The summed E-state index contributed by atoms with van der Waals surface area (Å²) in [4.78, 5) is 5.40. The Bertz CT molecular complexity index is 525. The van der Waals surface area contributed by atoms with Gasteiger partial charge in [0.15, 0.2) is 0 Å². The molecule has 0 spiro atoms. The Morgan fingerprint density at radius 3 is 2.48 bits per heavy atom. The van der Waals surface area contributed by atoms with Gasteiger partial charge in [0.25, 0.3) is 0 Å². The average Bonchev–Trinajstić information content (AvgIpc) is 2.45. The summed E-state index contributed by atoms with van der Waals surface area (Å²) in [5.74, 6) is -0.174. The monoisotopic (exact) mass is 302 g/mol. The molecule has 0 aromatic carbocycles. The van der Waals surface area contributed by atoms with Crippen molar-refractivity contribution in [1.29, 1.82) is 5.41 Å². The summed E-state index contributed by atoms with van der Waals surface area (Å²) in [7, 11) is 1.61. The van der Waals surface area contributed by atoms with E-state index in [0.29, 0.717) is 25.9 Å². The summed E-state index contributed by atoms with van der Waals surface area (Å²) < 4.78 is 43.6. The Balaban J connectivity index is 2.33. The number of nitrogens with zero attached hydrogens (tertiary/aromatic N) is 2. The molecule has 3 N–H and O–H groups in total. The van der Waals surface area contributed by atoms with E-state index in [2.05, 4.69) is 4.98 Å². The van der Waals surface area contributed by atoms with Crippen molar-refractivity contribution in [1.82, 2.24) is 4.98 Å². The maximum atomic E-state index is 12.8. The minimum atomic E-state index is -4.52. The van der Waals surface area contributed by atoms with Crippen LogP contribution in [0.5, 0.6) is 0 Å². The first-order valence-electron chi connectivity index (χ1n) is 6.53. The lowest BCUT2D eigenvalue weighted by Gasteiger charge is -2.33. The zero-order valence-electron chi connectivity index (χ0n) is 11.6. The van der Waals surface area contributed by atoms with Crippen molar-refractivity contribution in [3.63, 3.8) is 0 Å². The molecule has 1 aliphatic rings. The van der Waals surface area contributed by atoms with E-state index in [1.165, 1.54) is 6.07 Å². The second-order valence-corrected chi connectivity index (χ2v) is 4.90. The zero-order valence-corrected chi connectivity index (χ0v) is 11.6. The van der Waals surface area contributed by atoms with Gasteiger partial charge >= 0.3 is 6.18 Å². The highest BCUT2D eigenvalue weighted by Gasteiger charge is 2.34. The molecule has 5 nitrogen and oxygen atoms in total. The molecule has 2 rings (SSSR count). The quantitative estimate of drug-likeness (QED) is 0.661. The number of piperidine rings is 1. The van der Waals surface area contributed by atoms with E-state index in [1.807, 2.05) is 0 Å². The molecule has 0 aliphatic carbocycles. The molecule has 0 atom stereocenters. The molecule has 2 heterocycles. The van der Waals surface area contributed by atoms with Crippen LogP contribution in [0.4, 0.5) is 19.0 Å². The number of hydrogen-bond donors (Lipinski definition) is 2. The van der Waals surface area contributed by atoms with Crippen molar-refractivity contribution < 1.29 is 17.9 Å². The average molecular weight is 302 g/mol. The van der Waals surface area contributed by atoms with Crippen LogP contribution in [-0.4, -0.2) is 37.1 Å². The summed E-state index contributed by atoms with van der Waals surface area (Å²) in [5.41, 5.74) is 4.69. The minimum Gasteiger partial charge on any atom is -0.384 e. The van der Waals surface area contributed by atoms with E-state index in [0.717, 1.165) is 6.07 Å². The number of alkyl halides is 3. The molecule has 0 unspecified atom stereocenters. The van der Waals surface area contributed by atoms with Crippen molar-refractivity contribution in [3.8, 4) is 0 Å². The highest BCUT2D eigenvalue weighted by atomic mass is 19.4. The molecule has 0 amide bonds. The van der Waals surface area contributed by atoms with Gasteiger partial charge in [0.1, 0.15) is 17.3 Å². The first-order chi connectivity index (χ1) is 9.82. The Labute approximate surface area is 120 Å². The second-order valence-electron chi connectivity index (χ2n) is 4.90. The van der Waals surface area contributed by atoms with Crippen molar-refractivity contribution in [2.24, 2.45) is 5.73 Å². The van der Waals surface area contributed by atoms with Crippen LogP contribution in [0.15, 0.2) is 12.1 Å². The molecule has 1 aromatic rings. The van der Waals surface area contributed by atoms with Crippen molar-refractivity contribution in [3.05, 3.63) is 23.4 Å². The summed E-state index contributed by atoms with van der Waals surface area (Å²) in [5, 5.41) is 7.50. The summed E-state index contributed by atoms with van der Waals surface area (Å²) >= 11 is 0. The SMILES string of the molecule is COC1CCN(c2nc(C(F)(F)F)ccc2C(=N)N)CC1. The van der Waals surface area contributed by atoms with Gasteiger partial charge in [-0.3, -0.25) is 5.41 Å². The van der Waals surface area contributed by atoms with Gasteiger partial charge in [-0.1, -0.05) is 0 Å². The van der Waals surface area contributed by atoms with Crippen LogP contribution in [0.2, 0.25) is 0 Å². The molecule has 0 bridgehead atoms. The number of hydrogen-bond acceptors (Lipinski definition) is 4. The Hall–Kier alpha value is -1.83. The van der Waals surface area contributed by atoms with Crippen LogP contribution in [0.25, 0.3) is 0 Å². The largest absolute Gasteiger partial charge is 0.433 e. The molecule has 0 saturated carbocycles. The van der Waals surface area contributed by atoms with Gasteiger partial charge < -0.3 is 15.4 Å². The standard InChI is InChI=1S/C13H17F3N4O/c1-21-8-4-6-20(7-5-8)12-9(11(17)18)2-3-10(19-12)13(14,15)16/h2-3,8H,4-7H2,1H3,(H3,17,18). The lowest BCUT2D eigenvalue weighted by Crippen LogP contribution is -2.38. The Kier molecular flexibility index (Phi) is 4.36. The third kappa shape index (κ3) is 3.44. The van der Waals surface area contributed by atoms with Gasteiger partial charge in [-0.05, 0) is 25.0 Å². The van der Waals surface area contributed by atoms with Gasteiger partial charge in [0.2, 0.25) is 0 Å². The number of pyridine rings is 1. The molecule has 1 aromatic heterocycles. The van der Waals surface area contributed by atoms with E-state index in [-0.39, 0.29) is 23.3 Å². The van der Waals surface area contributed by atoms with Crippen molar-refractivity contribution in [2.45, 2.75) is 25.1 Å². The fraction of sp³-hybridized carbons (Fsp3) is 0.538. The van der Waals surface area contributed by atoms with Crippen LogP contribution in [0, 0.1) is 5.41 Å². The third-order valence-corrected chi connectivity index (χ3v) is 3.53. The number of ether oxygens (including phenoxy) is 1. The number of rotatable bonds is 3. The van der Waals surface area contributed by atoms with E-state index in [1.54, 1.807) is 12.0 Å². The summed E-state index contributed by atoms with van der Waals surface area (Å²) in [6.45, 7) is 1.04. The van der Waals surface area contributed by atoms with Crippen LogP contribution in [-0.2, 0) is 10.9 Å². The predicted octanol–water partition coefficient (Wildman–Crippen LogP) is 2.00. The van der Waals surface area contributed by atoms with Crippen molar-refractivity contribution in [2.75, 3.05) is 25.1 Å². The zero-order chi connectivity index (χ0) is 15.6. The van der Waals surface area contributed by atoms with Crippen LogP contribution >= 0.6 is 0 Å². The van der Waals surface area contributed by atoms with Crippen LogP contribution < -0.4 is 10.6 Å². The number of halogens is 3. The first-order valence-corrected chi connectivity index (χ1v) is 6.53. The predicted molar refractivity (Wildman–Crippen MR) is 72.5 cm³/mol. The number of anilines is 1. The number of amidine groups is 1. The topological polar surface area (TPSA) is 75.2 Å². The molecular weight excluding hydrogens is 285 g/mol. The number of nitrogens with two attached hydrogens (primary N) is 1. The van der Waals surface area contributed by atoms with Gasteiger partial charge in [-0.2, -0.15) is 13.2 Å². The van der Waals surface area contributed by atoms with E-state index >= 15 is 0 Å². The van der Waals surface area contributed by atoms with E-state index in [4.69, 9.17) is 15.9 Å². The number of methoxy groups -OCH3 is 1. The van der Waals surface area contributed by atoms with Gasteiger partial charge in [-0.15, -0.1) is 0 Å². The minimum absolute atomic E-state index is 0.104. The number of nitrogen functional groups attached to an aromatic ring is 1. The Morgan fingerprint density at radius 1 is 1.38 bits per heavy atom. The van der Waals surface area contributed by atoms with Gasteiger partial charge in [-0.25, -0.2) is 4.98 Å². The molecule has 0 radical (unpaired) electrons. The second kappa shape index (κ2) is 5.88. The maximum Gasteiger partial charge on any atom is 0.433 e. The molecule has 1 aliphatic heterocycles. The highest BCUT2D eigenvalue weighted by molar-refractivity contribution is 5.99. The Morgan fingerprint density at radius 2 is 2.00 bits per heavy atom. The summed E-state index contributed by atoms with van der Waals surface area (Å²) in [6, 6.07) is 2.05. The lowest BCUT2D eigenvalue weighted by molar-refractivity contribution is -0.141. The molecule has 21 heavy (non-hydrogen) atoms. The fourth-order valence-electron chi connectivity index (χ4n) is 2.36. The van der Waals surface area contributed by atoms with Gasteiger partial charge in [0.05, 0.1) is 11.7 Å². The molecule has 116 valence electrons. The van der Waals surface area contributed by atoms with Crippen LogP contribution in [0.1, 0.15) is 24.1 Å². The number of nitrogens with one attached hydrogen (secondary N) is 1. The normalized spacial score (nSPS) is 17.0. The third-order valence-electron chi connectivity index (χ3n) is 3.53. The first kappa shape index (κ1) is 15.6. The van der Waals surface area contributed by atoms with E-state index < -0.39 is 11.9 Å². The lowest BCUT2D eigenvalue weighted by atomic mass is 10.1.